The molecule has 1 N–H and O–H groups in total. The lowest BCUT2D eigenvalue weighted by atomic mass is 9.60. The summed E-state index contributed by atoms with van der Waals surface area (Å²) in [6.45, 7) is 0. The molecule has 0 saturated heterocycles. The van der Waals surface area contributed by atoms with Gasteiger partial charge in [-0.1, -0.05) is 60.7 Å². The minimum atomic E-state index is -0.686. The number of carboxylic acids is 1. The van der Waals surface area contributed by atoms with Crippen LogP contribution in [0.25, 0.3) is 0 Å². The largest absolute Gasteiger partial charge is 0.481 e. The van der Waals surface area contributed by atoms with Gasteiger partial charge in [0, 0.05) is 0 Å². The molecule has 0 heterocycles. The summed E-state index contributed by atoms with van der Waals surface area (Å²) in [5.74, 6) is -0.702. The van der Waals surface area contributed by atoms with Crippen molar-refractivity contribution in [1.82, 2.24) is 0 Å². The number of rotatable bonds is 3. The molecule has 96 valence electrons. The van der Waals surface area contributed by atoms with Crippen molar-refractivity contribution in [2.24, 2.45) is 5.92 Å². The summed E-state index contributed by atoms with van der Waals surface area (Å²) in [7, 11) is 0. The zero-order valence-corrected chi connectivity index (χ0v) is 10.6. The molecule has 1 aliphatic rings. The summed E-state index contributed by atoms with van der Waals surface area (Å²) >= 11 is 0. The lowest BCUT2D eigenvalue weighted by Crippen LogP contribution is -2.38. The fraction of sp³-hybridized carbons (Fsp3) is 0.235. The van der Waals surface area contributed by atoms with Crippen molar-refractivity contribution in [3.63, 3.8) is 0 Å². The molecule has 19 heavy (non-hydrogen) atoms. The summed E-state index contributed by atoms with van der Waals surface area (Å²) in [6.07, 6.45) is 0.922. The zero-order chi connectivity index (χ0) is 13.2. The molecule has 2 aromatic carbocycles. The van der Waals surface area contributed by atoms with Gasteiger partial charge in [-0.05, 0) is 29.4 Å². The summed E-state index contributed by atoms with van der Waals surface area (Å²) in [5, 5.41) is 9.50. The molecule has 1 fully saturated rings. The molecular formula is C17H16O2. The Labute approximate surface area is 112 Å². The maximum atomic E-state index is 11.5. The molecule has 3 rings (SSSR count). The van der Waals surface area contributed by atoms with Crippen LogP contribution in [0.1, 0.15) is 29.4 Å². The van der Waals surface area contributed by atoms with Crippen LogP contribution in [0.3, 0.4) is 0 Å². The van der Waals surface area contributed by atoms with Crippen molar-refractivity contribution >= 4 is 5.97 Å². The van der Waals surface area contributed by atoms with Crippen molar-refractivity contribution in [2.75, 3.05) is 0 Å². The highest BCUT2D eigenvalue weighted by Gasteiger charge is 2.46. The Morgan fingerprint density at radius 3 is 1.63 bits per heavy atom. The predicted octanol–water partition coefficient (Wildman–Crippen LogP) is 3.66. The van der Waals surface area contributed by atoms with Gasteiger partial charge in [0.2, 0.25) is 0 Å². The fourth-order valence-corrected chi connectivity index (χ4v) is 3.08. The molecule has 1 aliphatic carbocycles. The number of aliphatic carboxylic acids is 1. The van der Waals surface area contributed by atoms with Gasteiger partial charge in [0.1, 0.15) is 0 Å². The molecule has 2 atom stereocenters. The number of benzene rings is 2. The topological polar surface area (TPSA) is 37.3 Å². The molecule has 2 unspecified atom stereocenters. The molecule has 0 bridgehead atoms. The van der Waals surface area contributed by atoms with Crippen molar-refractivity contribution in [1.29, 1.82) is 0 Å². The van der Waals surface area contributed by atoms with E-state index in [4.69, 9.17) is 0 Å². The third-order valence-corrected chi connectivity index (χ3v) is 4.12. The van der Waals surface area contributed by atoms with Crippen LogP contribution in [-0.2, 0) is 4.79 Å². The highest BCUT2D eigenvalue weighted by Crippen LogP contribution is 2.52. The molecule has 0 spiro atoms. The first-order valence-electron chi connectivity index (χ1n) is 6.60. The Hall–Kier alpha value is -2.09. The van der Waals surface area contributed by atoms with Crippen LogP contribution in [0, 0.1) is 5.92 Å². The van der Waals surface area contributed by atoms with Gasteiger partial charge in [0.25, 0.3) is 0 Å². The van der Waals surface area contributed by atoms with E-state index in [0.717, 1.165) is 17.5 Å². The van der Waals surface area contributed by atoms with Crippen molar-refractivity contribution in [2.45, 2.75) is 18.3 Å². The van der Waals surface area contributed by atoms with Gasteiger partial charge >= 0.3 is 5.97 Å². The Morgan fingerprint density at radius 2 is 1.26 bits per heavy atom. The highest BCUT2D eigenvalue weighted by atomic mass is 16.4. The molecular weight excluding hydrogens is 236 g/mol. The molecule has 0 aliphatic heterocycles. The van der Waals surface area contributed by atoms with E-state index in [1.807, 2.05) is 60.7 Å². The third kappa shape index (κ3) is 2.14. The van der Waals surface area contributed by atoms with Crippen molar-refractivity contribution in [3.05, 3.63) is 71.8 Å². The SMILES string of the molecule is O=C(O)C1C(c2ccccc2)CC1c1ccccc1. The Morgan fingerprint density at radius 1 is 0.842 bits per heavy atom. The van der Waals surface area contributed by atoms with Gasteiger partial charge in [-0.15, -0.1) is 0 Å². The van der Waals surface area contributed by atoms with Crippen molar-refractivity contribution in [3.8, 4) is 0 Å². The maximum Gasteiger partial charge on any atom is 0.307 e. The first-order valence-corrected chi connectivity index (χ1v) is 6.60. The second-order valence-corrected chi connectivity index (χ2v) is 5.13. The molecule has 1 saturated carbocycles. The number of hydrogen-bond acceptors (Lipinski definition) is 1. The Kier molecular flexibility index (Phi) is 3.08. The van der Waals surface area contributed by atoms with E-state index in [-0.39, 0.29) is 17.8 Å². The van der Waals surface area contributed by atoms with Crippen LogP contribution in [0.4, 0.5) is 0 Å². The summed E-state index contributed by atoms with van der Waals surface area (Å²) in [6, 6.07) is 20.0. The van der Waals surface area contributed by atoms with E-state index in [1.54, 1.807) is 0 Å². The number of carboxylic acid groups (broad SMARTS) is 1. The second-order valence-electron chi connectivity index (χ2n) is 5.13. The van der Waals surface area contributed by atoms with Gasteiger partial charge in [0.15, 0.2) is 0 Å². The van der Waals surface area contributed by atoms with Gasteiger partial charge in [0.05, 0.1) is 5.92 Å². The first kappa shape index (κ1) is 12.0. The first-order chi connectivity index (χ1) is 9.27. The smallest absolute Gasteiger partial charge is 0.307 e. The minimum absolute atomic E-state index is 0.143. The van der Waals surface area contributed by atoms with Crippen LogP contribution in [0.5, 0.6) is 0 Å². The average molecular weight is 252 g/mol. The maximum absolute atomic E-state index is 11.5. The van der Waals surface area contributed by atoms with Gasteiger partial charge < -0.3 is 5.11 Å². The van der Waals surface area contributed by atoms with E-state index in [2.05, 4.69) is 0 Å². The number of hydrogen-bond donors (Lipinski definition) is 1. The number of carbonyl (C=O) groups is 1. The van der Waals surface area contributed by atoms with Crippen LogP contribution >= 0.6 is 0 Å². The van der Waals surface area contributed by atoms with Gasteiger partial charge in [-0.25, -0.2) is 0 Å². The van der Waals surface area contributed by atoms with Crippen LogP contribution < -0.4 is 0 Å². The van der Waals surface area contributed by atoms with Crippen LogP contribution in [-0.4, -0.2) is 11.1 Å². The lowest BCUT2D eigenvalue weighted by Gasteiger charge is -2.42. The van der Waals surface area contributed by atoms with E-state index < -0.39 is 5.97 Å². The molecule has 0 radical (unpaired) electrons. The quantitative estimate of drug-likeness (QED) is 0.905. The highest BCUT2D eigenvalue weighted by molar-refractivity contribution is 5.74. The second kappa shape index (κ2) is 4.88. The fourth-order valence-electron chi connectivity index (χ4n) is 3.08. The summed E-state index contributed by atoms with van der Waals surface area (Å²) in [5.41, 5.74) is 2.28. The monoisotopic (exact) mass is 252 g/mol. The van der Waals surface area contributed by atoms with Crippen LogP contribution in [0.15, 0.2) is 60.7 Å². The summed E-state index contributed by atoms with van der Waals surface area (Å²) < 4.78 is 0. The standard InChI is InChI=1S/C17H16O2/c18-17(19)16-14(12-7-3-1-4-8-12)11-15(16)13-9-5-2-6-10-13/h1-10,14-16H,11H2,(H,18,19). The van der Waals surface area contributed by atoms with Crippen LogP contribution in [0.2, 0.25) is 0 Å². The molecule has 0 aromatic heterocycles. The summed E-state index contributed by atoms with van der Waals surface area (Å²) in [4.78, 5) is 11.5. The average Bonchev–Trinajstić information content (AvgIpc) is 2.39. The third-order valence-electron chi connectivity index (χ3n) is 4.12. The van der Waals surface area contributed by atoms with E-state index in [1.165, 1.54) is 0 Å². The van der Waals surface area contributed by atoms with Gasteiger partial charge in [-0.2, -0.15) is 0 Å². The van der Waals surface area contributed by atoms with Crippen molar-refractivity contribution < 1.29 is 9.90 Å². The molecule has 2 heteroatoms. The Bertz CT molecular complexity index is 517. The van der Waals surface area contributed by atoms with Gasteiger partial charge in [-0.3, -0.25) is 4.79 Å². The van der Waals surface area contributed by atoms with E-state index >= 15 is 0 Å². The van der Waals surface area contributed by atoms with E-state index in [0.29, 0.717) is 0 Å². The normalized spacial score (nSPS) is 25.6. The minimum Gasteiger partial charge on any atom is -0.481 e. The van der Waals surface area contributed by atoms with E-state index in [9.17, 15) is 9.90 Å². The predicted molar refractivity (Wildman–Crippen MR) is 74.1 cm³/mol. The molecule has 0 amide bonds. The molecule has 2 aromatic rings. The zero-order valence-electron chi connectivity index (χ0n) is 10.6. The lowest BCUT2D eigenvalue weighted by molar-refractivity contribution is -0.146. The molecule has 2 nitrogen and oxygen atoms in total. The Balaban J connectivity index is 1.86.